The molecule has 2 aromatic carbocycles. The SMILES string of the molecule is CCN(CC)c1ccc(Nc2cc(Nc3ccc(C(=O)O)cc3)ncn2)c(C)c1. The Bertz CT molecular complexity index is 985. The predicted octanol–water partition coefficient (Wildman–Crippen LogP) is 4.82. The largest absolute Gasteiger partial charge is 0.478 e. The minimum atomic E-state index is -0.951. The maximum absolute atomic E-state index is 11.0. The highest BCUT2D eigenvalue weighted by atomic mass is 16.4. The van der Waals surface area contributed by atoms with Crippen LogP contribution in [0.25, 0.3) is 0 Å². The van der Waals surface area contributed by atoms with Crippen molar-refractivity contribution in [3.8, 4) is 0 Å². The molecule has 3 rings (SSSR count). The average Bonchev–Trinajstić information content (AvgIpc) is 2.71. The molecule has 0 bridgehead atoms. The quantitative estimate of drug-likeness (QED) is 0.507. The van der Waals surface area contributed by atoms with Gasteiger partial charge in [0.1, 0.15) is 18.0 Å². The van der Waals surface area contributed by atoms with Crippen LogP contribution in [0.1, 0.15) is 29.8 Å². The van der Waals surface area contributed by atoms with Crippen molar-refractivity contribution >= 4 is 34.7 Å². The molecular weight excluding hydrogens is 366 g/mol. The monoisotopic (exact) mass is 391 g/mol. The van der Waals surface area contributed by atoms with E-state index in [9.17, 15) is 4.79 Å². The van der Waals surface area contributed by atoms with Crippen molar-refractivity contribution < 1.29 is 9.90 Å². The van der Waals surface area contributed by atoms with Crippen LogP contribution in [0.3, 0.4) is 0 Å². The zero-order valence-electron chi connectivity index (χ0n) is 16.8. The summed E-state index contributed by atoms with van der Waals surface area (Å²) < 4.78 is 0. The molecule has 7 nitrogen and oxygen atoms in total. The molecule has 0 unspecified atom stereocenters. The Balaban J connectivity index is 1.73. The lowest BCUT2D eigenvalue weighted by Gasteiger charge is -2.22. The lowest BCUT2D eigenvalue weighted by molar-refractivity contribution is 0.0697. The van der Waals surface area contributed by atoms with E-state index >= 15 is 0 Å². The van der Waals surface area contributed by atoms with Gasteiger partial charge in [0, 0.05) is 36.2 Å². The van der Waals surface area contributed by atoms with Gasteiger partial charge in [-0.3, -0.25) is 0 Å². The van der Waals surface area contributed by atoms with E-state index in [1.807, 2.05) is 6.07 Å². The summed E-state index contributed by atoms with van der Waals surface area (Å²) in [4.78, 5) is 21.8. The third-order valence-corrected chi connectivity index (χ3v) is 4.67. The second kappa shape index (κ2) is 9.05. The smallest absolute Gasteiger partial charge is 0.335 e. The number of rotatable bonds is 8. The van der Waals surface area contributed by atoms with E-state index in [1.165, 1.54) is 12.0 Å². The number of hydrogen-bond donors (Lipinski definition) is 3. The summed E-state index contributed by atoms with van der Waals surface area (Å²) in [6.45, 7) is 8.30. The fourth-order valence-corrected chi connectivity index (χ4v) is 3.05. The van der Waals surface area contributed by atoms with E-state index in [-0.39, 0.29) is 5.56 Å². The Labute approximate surface area is 170 Å². The summed E-state index contributed by atoms with van der Waals surface area (Å²) in [5, 5.41) is 15.5. The molecule has 0 aliphatic carbocycles. The predicted molar refractivity (Wildman–Crippen MR) is 117 cm³/mol. The number of nitrogens with one attached hydrogen (secondary N) is 2. The topological polar surface area (TPSA) is 90.4 Å². The van der Waals surface area contributed by atoms with E-state index < -0.39 is 5.97 Å². The maximum Gasteiger partial charge on any atom is 0.335 e. The van der Waals surface area contributed by atoms with Crippen LogP contribution in [-0.2, 0) is 0 Å². The number of anilines is 5. The highest BCUT2D eigenvalue weighted by Crippen LogP contribution is 2.26. The Hall–Kier alpha value is -3.61. The average molecular weight is 391 g/mol. The van der Waals surface area contributed by atoms with Crippen molar-refractivity contribution in [3.63, 3.8) is 0 Å². The summed E-state index contributed by atoms with van der Waals surface area (Å²) in [7, 11) is 0. The van der Waals surface area contributed by atoms with Gasteiger partial charge in [-0.1, -0.05) is 0 Å². The van der Waals surface area contributed by atoms with E-state index in [0.29, 0.717) is 11.6 Å². The molecule has 3 N–H and O–H groups in total. The molecule has 0 amide bonds. The van der Waals surface area contributed by atoms with Crippen LogP contribution in [0.15, 0.2) is 54.9 Å². The first-order chi connectivity index (χ1) is 14.0. The molecule has 0 saturated heterocycles. The maximum atomic E-state index is 11.0. The van der Waals surface area contributed by atoms with Crippen LogP contribution in [0.4, 0.5) is 28.7 Å². The second-order valence-electron chi connectivity index (χ2n) is 6.59. The minimum absolute atomic E-state index is 0.240. The highest BCUT2D eigenvalue weighted by Gasteiger charge is 2.07. The van der Waals surface area contributed by atoms with E-state index in [1.54, 1.807) is 24.3 Å². The number of nitrogens with zero attached hydrogens (tertiary/aromatic N) is 3. The lowest BCUT2D eigenvalue weighted by Crippen LogP contribution is -2.21. The van der Waals surface area contributed by atoms with Crippen LogP contribution < -0.4 is 15.5 Å². The van der Waals surface area contributed by atoms with Gasteiger partial charge in [-0.15, -0.1) is 0 Å². The van der Waals surface area contributed by atoms with Crippen LogP contribution in [0.2, 0.25) is 0 Å². The molecule has 0 fully saturated rings. The van der Waals surface area contributed by atoms with Crippen LogP contribution in [-0.4, -0.2) is 34.1 Å². The standard InChI is InChI=1S/C22H25N5O2/c1-4-27(5-2)18-10-11-19(15(3)12-18)26-21-13-20(23-14-24-21)25-17-8-6-16(7-9-17)22(28)29/h6-14H,4-5H2,1-3H3,(H,28,29)(H2,23,24,25,26). The summed E-state index contributed by atoms with van der Waals surface area (Å²) in [6.07, 6.45) is 1.48. The molecule has 0 spiro atoms. The summed E-state index contributed by atoms with van der Waals surface area (Å²) in [5.41, 5.74) is 4.31. The van der Waals surface area contributed by atoms with Crippen molar-refractivity contribution in [3.05, 3.63) is 66.0 Å². The van der Waals surface area contributed by atoms with Gasteiger partial charge < -0.3 is 20.6 Å². The lowest BCUT2D eigenvalue weighted by atomic mass is 10.1. The summed E-state index contributed by atoms with van der Waals surface area (Å²) in [5.74, 6) is 0.332. The van der Waals surface area contributed by atoms with E-state index in [0.717, 1.165) is 30.0 Å². The molecule has 0 saturated carbocycles. The third-order valence-electron chi connectivity index (χ3n) is 4.67. The van der Waals surface area contributed by atoms with Crippen LogP contribution >= 0.6 is 0 Å². The molecule has 0 atom stereocenters. The molecule has 1 aromatic heterocycles. The Morgan fingerprint density at radius 1 is 0.966 bits per heavy atom. The molecule has 7 heteroatoms. The highest BCUT2D eigenvalue weighted by molar-refractivity contribution is 5.88. The number of benzene rings is 2. The van der Waals surface area contributed by atoms with Gasteiger partial charge in [0.05, 0.1) is 5.56 Å². The van der Waals surface area contributed by atoms with E-state index in [4.69, 9.17) is 5.11 Å². The molecule has 1 heterocycles. The molecule has 3 aromatic rings. The number of carboxylic acid groups (broad SMARTS) is 1. The Morgan fingerprint density at radius 2 is 1.62 bits per heavy atom. The summed E-state index contributed by atoms with van der Waals surface area (Å²) >= 11 is 0. The van der Waals surface area contributed by atoms with E-state index in [2.05, 4.69) is 64.5 Å². The first kappa shape index (κ1) is 20.1. The number of aromatic carboxylic acids is 1. The third kappa shape index (κ3) is 5.01. The number of hydrogen-bond acceptors (Lipinski definition) is 6. The molecule has 0 aliphatic rings. The van der Waals surface area contributed by atoms with Crippen molar-refractivity contribution in [1.82, 2.24) is 9.97 Å². The first-order valence-corrected chi connectivity index (χ1v) is 9.55. The van der Waals surface area contributed by atoms with Crippen molar-refractivity contribution in [2.75, 3.05) is 28.6 Å². The zero-order chi connectivity index (χ0) is 20.8. The van der Waals surface area contributed by atoms with Crippen LogP contribution in [0.5, 0.6) is 0 Å². The van der Waals surface area contributed by atoms with Gasteiger partial charge in [-0.25, -0.2) is 14.8 Å². The number of aryl methyl sites for hydroxylation is 1. The molecule has 150 valence electrons. The van der Waals surface area contributed by atoms with Crippen LogP contribution in [0, 0.1) is 6.92 Å². The number of aromatic nitrogens is 2. The fraction of sp³-hybridized carbons (Fsp3) is 0.227. The van der Waals surface area contributed by atoms with Gasteiger partial charge >= 0.3 is 5.97 Å². The molecule has 0 aliphatic heterocycles. The van der Waals surface area contributed by atoms with Crippen molar-refractivity contribution in [2.45, 2.75) is 20.8 Å². The zero-order valence-corrected chi connectivity index (χ0v) is 16.8. The van der Waals surface area contributed by atoms with Crippen molar-refractivity contribution in [1.29, 1.82) is 0 Å². The number of carbonyl (C=O) groups is 1. The Kier molecular flexibility index (Phi) is 6.29. The van der Waals surface area contributed by atoms with Gasteiger partial charge in [0.25, 0.3) is 0 Å². The first-order valence-electron chi connectivity index (χ1n) is 9.55. The molecular formula is C22H25N5O2. The molecule has 29 heavy (non-hydrogen) atoms. The summed E-state index contributed by atoms with van der Waals surface area (Å²) in [6, 6.07) is 14.6. The van der Waals surface area contributed by atoms with Gasteiger partial charge in [-0.2, -0.15) is 0 Å². The van der Waals surface area contributed by atoms with Crippen molar-refractivity contribution in [2.24, 2.45) is 0 Å². The minimum Gasteiger partial charge on any atom is -0.478 e. The fourth-order valence-electron chi connectivity index (χ4n) is 3.05. The second-order valence-corrected chi connectivity index (χ2v) is 6.59. The van der Waals surface area contributed by atoms with Gasteiger partial charge in [0.2, 0.25) is 0 Å². The van der Waals surface area contributed by atoms with Gasteiger partial charge in [-0.05, 0) is 68.8 Å². The Morgan fingerprint density at radius 3 is 2.21 bits per heavy atom. The number of carboxylic acids is 1. The molecule has 0 radical (unpaired) electrons. The van der Waals surface area contributed by atoms with Gasteiger partial charge in [0.15, 0.2) is 0 Å². The normalized spacial score (nSPS) is 10.4.